The predicted octanol–water partition coefficient (Wildman–Crippen LogP) is 3.27. The van der Waals surface area contributed by atoms with Crippen LogP contribution in [0.25, 0.3) is 0 Å². The van der Waals surface area contributed by atoms with E-state index in [-0.39, 0.29) is 10.6 Å². The Balaban J connectivity index is 2.57. The van der Waals surface area contributed by atoms with Crippen LogP contribution in [0.3, 0.4) is 0 Å². The van der Waals surface area contributed by atoms with E-state index in [2.05, 4.69) is 0 Å². The van der Waals surface area contributed by atoms with Crippen molar-refractivity contribution in [1.82, 2.24) is 0 Å². The molecule has 0 aromatic heterocycles. The van der Waals surface area contributed by atoms with Crippen molar-refractivity contribution in [1.29, 1.82) is 0 Å². The Labute approximate surface area is 93.3 Å². The molecule has 3 nitrogen and oxygen atoms in total. The van der Waals surface area contributed by atoms with Gasteiger partial charge in [0, 0.05) is 4.90 Å². The molecule has 0 saturated carbocycles. The number of nitro groups is 1. The van der Waals surface area contributed by atoms with Crippen LogP contribution >= 0.6 is 11.8 Å². The highest BCUT2D eigenvalue weighted by Gasteiger charge is 2.08. The molecule has 15 heavy (non-hydrogen) atoms. The normalized spacial score (nSPS) is 11.5. The number of thioether (sulfide) groups is 1. The maximum atomic E-state index is 10.5. The molecular formula is C11H13NO2S. The fourth-order valence-corrected chi connectivity index (χ4v) is 1.95. The second-order valence-electron chi connectivity index (χ2n) is 3.14. The summed E-state index contributed by atoms with van der Waals surface area (Å²) in [6.45, 7) is 3.71. The third-order valence-corrected chi connectivity index (χ3v) is 3.02. The average molecular weight is 223 g/mol. The van der Waals surface area contributed by atoms with Gasteiger partial charge in [-0.1, -0.05) is 17.7 Å². The Kier molecular flexibility index (Phi) is 4.37. The number of rotatable bonds is 4. The number of nitrogens with zero attached hydrogens (tertiary/aromatic N) is 1. The van der Waals surface area contributed by atoms with Crippen LogP contribution in [-0.4, -0.2) is 10.7 Å². The fraction of sp³-hybridized carbons (Fsp3) is 0.273. The van der Waals surface area contributed by atoms with Gasteiger partial charge in [0.1, 0.15) is 0 Å². The predicted molar refractivity (Wildman–Crippen MR) is 62.7 cm³/mol. The molecule has 0 amide bonds. The van der Waals surface area contributed by atoms with Gasteiger partial charge in [-0.2, -0.15) is 0 Å². The minimum atomic E-state index is -0.332. The molecule has 0 aliphatic heterocycles. The lowest BCUT2D eigenvalue weighted by Gasteiger charge is -2.00. The van der Waals surface area contributed by atoms with Crippen molar-refractivity contribution >= 4 is 11.8 Å². The zero-order valence-electron chi connectivity index (χ0n) is 8.77. The van der Waals surface area contributed by atoms with Gasteiger partial charge >= 0.3 is 0 Å². The van der Waals surface area contributed by atoms with Crippen molar-refractivity contribution in [2.45, 2.75) is 18.7 Å². The molecule has 0 fully saturated rings. The summed E-state index contributed by atoms with van der Waals surface area (Å²) in [4.78, 5) is 11.3. The number of benzene rings is 1. The first-order valence-corrected chi connectivity index (χ1v) is 5.61. The van der Waals surface area contributed by atoms with Gasteiger partial charge in [0.15, 0.2) is 0 Å². The molecule has 0 atom stereocenters. The molecule has 0 N–H and O–H groups in total. The largest absolute Gasteiger partial charge is 0.259 e. The molecule has 1 rings (SSSR count). The third kappa shape index (κ3) is 3.75. The Morgan fingerprint density at radius 1 is 1.47 bits per heavy atom. The molecule has 0 aliphatic rings. The molecule has 1 aromatic rings. The Bertz CT molecular complexity index is 371. The van der Waals surface area contributed by atoms with Crippen LogP contribution in [0.1, 0.15) is 12.5 Å². The van der Waals surface area contributed by atoms with Gasteiger partial charge in [-0.25, -0.2) is 0 Å². The van der Waals surface area contributed by atoms with Gasteiger partial charge in [-0.3, -0.25) is 10.1 Å². The van der Waals surface area contributed by atoms with Crippen molar-refractivity contribution in [3.63, 3.8) is 0 Å². The lowest BCUT2D eigenvalue weighted by molar-refractivity contribution is -0.423. The van der Waals surface area contributed by atoms with Gasteiger partial charge in [-0.15, -0.1) is 11.8 Å². The van der Waals surface area contributed by atoms with E-state index >= 15 is 0 Å². The maximum Gasteiger partial charge on any atom is 0.252 e. The molecule has 0 aliphatic carbocycles. The summed E-state index contributed by atoms with van der Waals surface area (Å²) in [6.07, 6.45) is 1.54. The fourth-order valence-electron chi connectivity index (χ4n) is 1.03. The number of aryl methyl sites for hydroxylation is 1. The quantitative estimate of drug-likeness (QED) is 0.447. The summed E-state index contributed by atoms with van der Waals surface area (Å²) >= 11 is 1.48. The molecule has 0 spiro atoms. The van der Waals surface area contributed by atoms with Crippen molar-refractivity contribution in [3.05, 3.63) is 51.7 Å². The van der Waals surface area contributed by atoms with Crippen LogP contribution in [0.2, 0.25) is 0 Å². The summed E-state index contributed by atoms with van der Waals surface area (Å²) in [5, 5.41) is 10.5. The van der Waals surface area contributed by atoms with E-state index in [9.17, 15) is 10.1 Å². The van der Waals surface area contributed by atoms with Gasteiger partial charge in [0.05, 0.1) is 10.7 Å². The van der Waals surface area contributed by atoms with E-state index in [0.29, 0.717) is 5.75 Å². The van der Waals surface area contributed by atoms with Crippen LogP contribution in [-0.2, 0) is 0 Å². The molecular weight excluding hydrogens is 210 g/mol. The highest BCUT2D eigenvalue weighted by molar-refractivity contribution is 7.99. The molecule has 0 bridgehead atoms. The Hall–Kier alpha value is -1.29. The van der Waals surface area contributed by atoms with E-state index in [0.717, 1.165) is 4.90 Å². The SMILES string of the molecule is C/C=C(/CSc1ccc(C)cc1)[N+](=O)[O-]. The average Bonchev–Trinajstić information content (AvgIpc) is 2.21. The maximum absolute atomic E-state index is 10.5. The summed E-state index contributed by atoms with van der Waals surface area (Å²) in [6, 6.07) is 7.97. The van der Waals surface area contributed by atoms with Crippen molar-refractivity contribution in [3.8, 4) is 0 Å². The standard InChI is InChI=1S/C11H13NO2S/c1-3-10(12(13)14)8-15-11-6-4-9(2)5-7-11/h3-7H,8H2,1-2H3/b10-3-. The van der Waals surface area contributed by atoms with E-state index < -0.39 is 0 Å². The first kappa shape index (κ1) is 11.8. The van der Waals surface area contributed by atoms with Gasteiger partial charge in [0.25, 0.3) is 5.70 Å². The molecule has 0 radical (unpaired) electrons. The number of hydrogen-bond acceptors (Lipinski definition) is 3. The Morgan fingerprint density at radius 3 is 2.53 bits per heavy atom. The molecule has 80 valence electrons. The number of hydrogen-bond donors (Lipinski definition) is 0. The van der Waals surface area contributed by atoms with Gasteiger partial charge in [0.2, 0.25) is 0 Å². The lowest BCUT2D eigenvalue weighted by atomic mass is 10.2. The first-order chi connectivity index (χ1) is 7.13. The van der Waals surface area contributed by atoms with Crippen LogP contribution in [0.4, 0.5) is 0 Å². The highest BCUT2D eigenvalue weighted by atomic mass is 32.2. The molecule has 0 saturated heterocycles. The van der Waals surface area contributed by atoms with E-state index in [4.69, 9.17) is 0 Å². The second-order valence-corrected chi connectivity index (χ2v) is 4.19. The Morgan fingerprint density at radius 2 is 2.07 bits per heavy atom. The van der Waals surface area contributed by atoms with Crippen LogP contribution in [0.5, 0.6) is 0 Å². The molecule has 4 heteroatoms. The van der Waals surface area contributed by atoms with Crippen LogP contribution in [0, 0.1) is 17.0 Å². The van der Waals surface area contributed by atoms with Gasteiger partial charge in [-0.05, 0) is 32.1 Å². The molecule has 1 aromatic carbocycles. The van der Waals surface area contributed by atoms with Crippen molar-refractivity contribution in [2.24, 2.45) is 0 Å². The smallest absolute Gasteiger partial charge is 0.252 e. The second kappa shape index (κ2) is 5.56. The highest BCUT2D eigenvalue weighted by Crippen LogP contribution is 2.20. The van der Waals surface area contributed by atoms with E-state index in [1.807, 2.05) is 31.2 Å². The topological polar surface area (TPSA) is 43.1 Å². The van der Waals surface area contributed by atoms with Crippen LogP contribution < -0.4 is 0 Å². The van der Waals surface area contributed by atoms with Crippen molar-refractivity contribution < 1.29 is 4.92 Å². The summed E-state index contributed by atoms with van der Waals surface area (Å²) in [5.74, 6) is 0.409. The minimum absolute atomic E-state index is 0.251. The third-order valence-electron chi connectivity index (χ3n) is 1.98. The molecule has 0 unspecified atom stereocenters. The molecule has 0 heterocycles. The minimum Gasteiger partial charge on any atom is -0.259 e. The first-order valence-electron chi connectivity index (χ1n) is 4.62. The van der Waals surface area contributed by atoms with E-state index in [1.54, 1.807) is 13.0 Å². The monoisotopic (exact) mass is 223 g/mol. The van der Waals surface area contributed by atoms with Crippen LogP contribution in [0.15, 0.2) is 40.9 Å². The summed E-state index contributed by atoms with van der Waals surface area (Å²) in [5.41, 5.74) is 1.44. The zero-order valence-corrected chi connectivity index (χ0v) is 9.58. The zero-order chi connectivity index (χ0) is 11.3. The number of allylic oxidation sites excluding steroid dienone is 1. The van der Waals surface area contributed by atoms with Gasteiger partial charge < -0.3 is 0 Å². The summed E-state index contributed by atoms with van der Waals surface area (Å²) in [7, 11) is 0. The van der Waals surface area contributed by atoms with Crippen molar-refractivity contribution in [2.75, 3.05) is 5.75 Å². The van der Waals surface area contributed by atoms with E-state index in [1.165, 1.54) is 17.3 Å². The summed E-state index contributed by atoms with van der Waals surface area (Å²) < 4.78 is 0. The lowest BCUT2D eigenvalue weighted by Crippen LogP contribution is -2.00.